The van der Waals surface area contributed by atoms with E-state index in [0.29, 0.717) is 0 Å². The van der Waals surface area contributed by atoms with Gasteiger partial charge in [0.15, 0.2) is 0 Å². The number of aliphatic imine (C=N–C) groups is 1. The van der Waals surface area contributed by atoms with Crippen LogP contribution in [0.1, 0.15) is 56.4 Å². The Morgan fingerprint density at radius 2 is 1.65 bits per heavy atom. The summed E-state index contributed by atoms with van der Waals surface area (Å²) in [6, 6.07) is 8.78. The Morgan fingerprint density at radius 1 is 1.04 bits per heavy atom. The molecule has 0 radical (unpaired) electrons. The summed E-state index contributed by atoms with van der Waals surface area (Å²) in [7, 11) is 0. The van der Waals surface area contributed by atoms with Crippen LogP contribution in [0.25, 0.3) is 22.9 Å². The summed E-state index contributed by atoms with van der Waals surface area (Å²) in [5.74, 6) is 0.217. The van der Waals surface area contributed by atoms with Crippen LogP contribution >= 0.6 is 0 Å². The first-order chi connectivity index (χ1) is 12.5. The highest BCUT2D eigenvalue weighted by Gasteiger charge is 2.19. The summed E-state index contributed by atoms with van der Waals surface area (Å²) in [6.07, 6.45) is 6.03. The zero-order chi connectivity index (χ0) is 19.3. The van der Waals surface area contributed by atoms with Crippen LogP contribution in [0.15, 0.2) is 54.6 Å². The van der Waals surface area contributed by atoms with Gasteiger partial charge in [-0.2, -0.15) is 0 Å². The van der Waals surface area contributed by atoms with Crippen molar-refractivity contribution < 1.29 is 0 Å². The normalized spacial score (nSPS) is 12.8. The van der Waals surface area contributed by atoms with Crippen molar-refractivity contribution in [2.45, 2.75) is 40.5 Å². The van der Waals surface area contributed by atoms with Gasteiger partial charge in [0, 0.05) is 23.7 Å². The SMILES string of the molecule is C=Cc1ccc(CCC)c2c(C(=NCC)C(C)C(=C)C)ccc(C=C)c12. The second kappa shape index (κ2) is 8.80. The predicted octanol–water partition coefficient (Wildman–Crippen LogP) is 7.10. The van der Waals surface area contributed by atoms with Crippen molar-refractivity contribution in [2.75, 3.05) is 6.54 Å². The van der Waals surface area contributed by atoms with Gasteiger partial charge in [-0.3, -0.25) is 4.99 Å². The molecule has 0 saturated heterocycles. The van der Waals surface area contributed by atoms with E-state index in [-0.39, 0.29) is 5.92 Å². The van der Waals surface area contributed by atoms with Crippen molar-refractivity contribution in [3.05, 3.63) is 71.8 Å². The van der Waals surface area contributed by atoms with Crippen LogP contribution in [0.3, 0.4) is 0 Å². The highest BCUT2D eigenvalue weighted by atomic mass is 14.7. The molecule has 136 valence electrons. The maximum atomic E-state index is 4.88. The van der Waals surface area contributed by atoms with Crippen LogP contribution in [0.2, 0.25) is 0 Å². The Labute approximate surface area is 158 Å². The number of hydrogen-bond acceptors (Lipinski definition) is 1. The summed E-state index contributed by atoms with van der Waals surface area (Å²) < 4.78 is 0. The third kappa shape index (κ3) is 3.72. The van der Waals surface area contributed by atoms with Gasteiger partial charge < -0.3 is 0 Å². The summed E-state index contributed by atoms with van der Waals surface area (Å²) >= 11 is 0. The molecule has 26 heavy (non-hydrogen) atoms. The lowest BCUT2D eigenvalue weighted by Gasteiger charge is -2.21. The molecule has 1 heteroatoms. The van der Waals surface area contributed by atoms with E-state index in [1.54, 1.807) is 0 Å². The molecule has 0 aromatic heterocycles. The number of benzene rings is 2. The monoisotopic (exact) mass is 345 g/mol. The van der Waals surface area contributed by atoms with Crippen molar-refractivity contribution in [2.24, 2.45) is 10.9 Å². The fourth-order valence-corrected chi connectivity index (χ4v) is 3.51. The van der Waals surface area contributed by atoms with E-state index in [2.05, 4.69) is 71.7 Å². The molecule has 2 aromatic rings. The van der Waals surface area contributed by atoms with Gasteiger partial charge in [-0.1, -0.05) is 82.0 Å². The summed E-state index contributed by atoms with van der Waals surface area (Å²) in [5, 5.41) is 2.53. The Hall–Kier alpha value is -2.41. The lowest BCUT2D eigenvalue weighted by atomic mass is 9.84. The number of aryl methyl sites for hydroxylation is 1. The van der Waals surface area contributed by atoms with Gasteiger partial charge in [-0.05, 0) is 47.7 Å². The zero-order valence-electron chi connectivity index (χ0n) is 16.7. The van der Waals surface area contributed by atoms with Crippen molar-refractivity contribution in [1.29, 1.82) is 0 Å². The Kier molecular flexibility index (Phi) is 6.74. The first-order valence-electron chi connectivity index (χ1n) is 9.53. The molecule has 0 N–H and O–H groups in total. The van der Waals surface area contributed by atoms with Gasteiger partial charge in [0.05, 0.1) is 0 Å². The molecule has 0 aliphatic heterocycles. The third-order valence-electron chi connectivity index (χ3n) is 5.02. The number of rotatable bonds is 8. The fourth-order valence-electron chi connectivity index (χ4n) is 3.51. The van der Waals surface area contributed by atoms with E-state index in [4.69, 9.17) is 4.99 Å². The van der Waals surface area contributed by atoms with E-state index < -0.39 is 0 Å². The van der Waals surface area contributed by atoms with Gasteiger partial charge in [-0.25, -0.2) is 0 Å². The standard InChI is InChI=1S/C25H31N/c1-8-12-21-14-13-19(9-2)23-20(10-3)15-16-22(24(21)23)25(26-11-4)18(7)17(5)6/h9-10,13-16,18H,2-3,5,8,11-12H2,1,4,6-7H3. The van der Waals surface area contributed by atoms with Crippen molar-refractivity contribution >= 4 is 28.6 Å². The fraction of sp³-hybridized carbons (Fsp3) is 0.320. The Morgan fingerprint density at radius 3 is 2.15 bits per heavy atom. The molecule has 0 heterocycles. The molecule has 1 unspecified atom stereocenters. The van der Waals surface area contributed by atoms with Gasteiger partial charge in [-0.15, -0.1) is 0 Å². The van der Waals surface area contributed by atoms with Crippen LogP contribution in [-0.2, 0) is 6.42 Å². The van der Waals surface area contributed by atoms with Crippen LogP contribution in [0, 0.1) is 5.92 Å². The van der Waals surface area contributed by atoms with Crippen molar-refractivity contribution in [3.8, 4) is 0 Å². The maximum Gasteiger partial charge on any atom is 0.0495 e. The maximum absolute atomic E-state index is 4.88. The molecule has 1 atom stereocenters. The molecule has 2 rings (SSSR count). The lowest BCUT2D eigenvalue weighted by Crippen LogP contribution is -2.15. The Bertz CT molecular complexity index is 853. The molecular weight excluding hydrogens is 314 g/mol. The summed E-state index contributed by atoms with van der Waals surface area (Å²) in [4.78, 5) is 4.88. The topological polar surface area (TPSA) is 12.4 Å². The van der Waals surface area contributed by atoms with Crippen molar-refractivity contribution in [1.82, 2.24) is 0 Å². The summed E-state index contributed by atoms with van der Waals surface area (Å²) in [5.41, 5.74) is 7.14. The third-order valence-corrected chi connectivity index (χ3v) is 5.02. The van der Waals surface area contributed by atoms with Crippen LogP contribution in [0.4, 0.5) is 0 Å². The zero-order valence-corrected chi connectivity index (χ0v) is 16.7. The smallest absolute Gasteiger partial charge is 0.0495 e. The molecule has 0 bridgehead atoms. The largest absolute Gasteiger partial charge is 0.289 e. The summed E-state index contributed by atoms with van der Waals surface area (Å²) in [6.45, 7) is 21.6. The van der Waals surface area contributed by atoms with Crippen LogP contribution < -0.4 is 0 Å². The first-order valence-corrected chi connectivity index (χ1v) is 9.53. The quantitative estimate of drug-likeness (QED) is 0.357. The highest BCUT2D eigenvalue weighted by molar-refractivity contribution is 6.16. The average molecular weight is 346 g/mol. The average Bonchev–Trinajstić information content (AvgIpc) is 2.65. The van der Waals surface area contributed by atoms with E-state index in [9.17, 15) is 0 Å². The van der Waals surface area contributed by atoms with Gasteiger partial charge in [0.2, 0.25) is 0 Å². The molecule has 1 nitrogen and oxygen atoms in total. The van der Waals surface area contributed by atoms with E-state index >= 15 is 0 Å². The van der Waals surface area contributed by atoms with E-state index in [0.717, 1.165) is 41.8 Å². The van der Waals surface area contributed by atoms with Gasteiger partial charge in [0.25, 0.3) is 0 Å². The van der Waals surface area contributed by atoms with Gasteiger partial charge in [0.1, 0.15) is 0 Å². The second-order valence-electron chi connectivity index (χ2n) is 6.85. The molecule has 0 spiro atoms. The highest BCUT2D eigenvalue weighted by Crippen LogP contribution is 2.34. The molecule has 2 aromatic carbocycles. The second-order valence-corrected chi connectivity index (χ2v) is 6.85. The number of hydrogen-bond donors (Lipinski definition) is 0. The molecular formula is C25H31N. The van der Waals surface area contributed by atoms with Crippen LogP contribution in [0.5, 0.6) is 0 Å². The lowest BCUT2D eigenvalue weighted by molar-refractivity contribution is 0.904. The number of allylic oxidation sites excluding steroid dienone is 1. The molecule has 0 saturated carbocycles. The molecule has 0 aliphatic rings. The first kappa shape index (κ1) is 19.9. The van der Waals surface area contributed by atoms with Gasteiger partial charge >= 0.3 is 0 Å². The van der Waals surface area contributed by atoms with E-state index in [1.807, 2.05) is 12.2 Å². The molecule has 0 amide bonds. The minimum atomic E-state index is 0.217. The van der Waals surface area contributed by atoms with E-state index in [1.165, 1.54) is 21.9 Å². The minimum Gasteiger partial charge on any atom is -0.289 e. The number of fused-ring (bicyclic) bond motifs is 1. The molecule has 0 fully saturated rings. The predicted molar refractivity (Wildman–Crippen MR) is 119 cm³/mol. The minimum absolute atomic E-state index is 0.217. The Balaban J connectivity index is 2.98. The molecule has 0 aliphatic carbocycles. The van der Waals surface area contributed by atoms with Crippen LogP contribution in [-0.4, -0.2) is 12.3 Å². The van der Waals surface area contributed by atoms with Crippen molar-refractivity contribution in [3.63, 3.8) is 0 Å². The number of nitrogens with zero attached hydrogens (tertiary/aromatic N) is 1.